The number of aliphatic hydroxyl groups is 1. The van der Waals surface area contributed by atoms with E-state index in [1.54, 1.807) is 0 Å². The summed E-state index contributed by atoms with van der Waals surface area (Å²) < 4.78 is 0. The van der Waals surface area contributed by atoms with Crippen LogP contribution in [0, 0.1) is 6.92 Å². The van der Waals surface area contributed by atoms with Crippen molar-refractivity contribution in [3.05, 3.63) is 29.3 Å². The second-order valence-electron chi connectivity index (χ2n) is 5.44. The van der Waals surface area contributed by atoms with Crippen LogP contribution in [-0.2, 0) is 6.54 Å². The maximum absolute atomic E-state index is 9.49. The van der Waals surface area contributed by atoms with E-state index in [0.717, 1.165) is 13.1 Å². The third-order valence-electron chi connectivity index (χ3n) is 3.46. The molecule has 0 radical (unpaired) electrons. The first-order chi connectivity index (χ1) is 8.42. The second kappa shape index (κ2) is 6.21. The molecule has 0 fully saturated rings. The molecule has 0 saturated carbocycles. The number of hydrogen-bond donors (Lipinski definition) is 2. The molecule has 0 aliphatic heterocycles. The number of aryl methyl sites for hydroxylation is 1. The molecule has 0 unspecified atom stereocenters. The van der Waals surface area contributed by atoms with E-state index >= 15 is 0 Å². The fourth-order valence-electron chi connectivity index (χ4n) is 1.87. The van der Waals surface area contributed by atoms with Gasteiger partial charge in [-0.2, -0.15) is 0 Å². The minimum atomic E-state index is -0.254. The number of benzene rings is 1. The molecule has 0 aliphatic rings. The van der Waals surface area contributed by atoms with Crippen LogP contribution >= 0.6 is 0 Å². The molecule has 102 valence electrons. The first-order valence-corrected chi connectivity index (χ1v) is 6.57. The van der Waals surface area contributed by atoms with Crippen LogP contribution in [0.4, 0.5) is 5.69 Å². The topological polar surface area (TPSA) is 35.5 Å². The molecule has 0 spiro atoms. The monoisotopic (exact) mass is 250 g/mol. The zero-order valence-electron chi connectivity index (χ0n) is 12.2. The Bertz CT molecular complexity index is 388. The molecule has 0 amide bonds. The molecular formula is C15H26N2O. The Morgan fingerprint density at radius 1 is 1.33 bits per heavy atom. The lowest BCUT2D eigenvalue weighted by Gasteiger charge is -2.37. The van der Waals surface area contributed by atoms with E-state index in [-0.39, 0.29) is 12.1 Å². The number of nitrogens with zero attached hydrogens (tertiary/aromatic N) is 1. The van der Waals surface area contributed by atoms with Gasteiger partial charge in [0.25, 0.3) is 0 Å². The number of rotatable bonds is 6. The predicted molar refractivity (Wildman–Crippen MR) is 78.1 cm³/mol. The fraction of sp³-hybridized carbons (Fsp3) is 0.600. The van der Waals surface area contributed by atoms with Crippen LogP contribution < -0.4 is 10.2 Å². The van der Waals surface area contributed by atoms with Crippen LogP contribution in [-0.4, -0.2) is 30.8 Å². The van der Waals surface area contributed by atoms with Gasteiger partial charge in [-0.3, -0.25) is 0 Å². The quantitative estimate of drug-likeness (QED) is 0.813. The number of likely N-dealkylation sites (N-methyl/N-ethyl adjacent to an activating group) is 1. The summed E-state index contributed by atoms with van der Waals surface area (Å²) in [5.74, 6) is 0. The van der Waals surface area contributed by atoms with E-state index in [2.05, 4.69) is 42.3 Å². The average molecular weight is 250 g/mol. The summed E-state index contributed by atoms with van der Waals surface area (Å²) in [5.41, 5.74) is 3.47. The van der Waals surface area contributed by atoms with E-state index < -0.39 is 0 Å². The zero-order valence-corrected chi connectivity index (χ0v) is 12.2. The summed E-state index contributed by atoms with van der Waals surface area (Å²) >= 11 is 0. The number of anilines is 1. The Hall–Kier alpha value is -1.06. The van der Waals surface area contributed by atoms with Crippen LogP contribution in [0.2, 0.25) is 0 Å². The lowest BCUT2D eigenvalue weighted by Crippen LogP contribution is -2.45. The van der Waals surface area contributed by atoms with Gasteiger partial charge in [0.2, 0.25) is 0 Å². The lowest BCUT2D eigenvalue weighted by atomic mass is 10.0. The van der Waals surface area contributed by atoms with Gasteiger partial charge in [-0.1, -0.05) is 24.6 Å². The Kier molecular flexibility index (Phi) is 5.17. The van der Waals surface area contributed by atoms with Crippen LogP contribution in [0.25, 0.3) is 0 Å². The van der Waals surface area contributed by atoms with E-state index in [0.29, 0.717) is 0 Å². The van der Waals surface area contributed by atoms with Gasteiger partial charge in [0, 0.05) is 19.3 Å². The number of nitrogens with one attached hydrogen (secondary N) is 1. The molecule has 3 nitrogen and oxygen atoms in total. The fourth-order valence-corrected chi connectivity index (χ4v) is 1.87. The van der Waals surface area contributed by atoms with E-state index in [1.807, 2.05) is 20.9 Å². The van der Waals surface area contributed by atoms with Gasteiger partial charge in [-0.25, -0.2) is 0 Å². The highest BCUT2D eigenvalue weighted by Gasteiger charge is 2.24. The summed E-state index contributed by atoms with van der Waals surface area (Å²) in [7, 11) is 2.04. The summed E-state index contributed by atoms with van der Waals surface area (Å²) in [6.45, 7) is 10.3. The molecule has 0 atom stereocenters. The van der Waals surface area contributed by atoms with Crippen LogP contribution in [0.1, 0.15) is 31.9 Å². The normalized spacial score (nSPS) is 11.7. The highest BCUT2D eigenvalue weighted by atomic mass is 16.3. The highest BCUT2D eigenvalue weighted by molar-refractivity contribution is 5.56. The van der Waals surface area contributed by atoms with Gasteiger partial charge in [0.15, 0.2) is 0 Å². The van der Waals surface area contributed by atoms with Crippen molar-refractivity contribution in [2.24, 2.45) is 0 Å². The third-order valence-corrected chi connectivity index (χ3v) is 3.46. The summed E-state index contributed by atoms with van der Waals surface area (Å²) in [4.78, 5) is 2.15. The first-order valence-electron chi connectivity index (χ1n) is 6.57. The van der Waals surface area contributed by atoms with Crippen molar-refractivity contribution in [3.63, 3.8) is 0 Å². The Morgan fingerprint density at radius 2 is 2.00 bits per heavy atom. The van der Waals surface area contributed by atoms with Gasteiger partial charge in [0.1, 0.15) is 0 Å². The second-order valence-corrected chi connectivity index (χ2v) is 5.44. The van der Waals surface area contributed by atoms with Crippen molar-refractivity contribution in [2.75, 3.05) is 25.1 Å². The van der Waals surface area contributed by atoms with Crippen molar-refractivity contribution in [3.8, 4) is 0 Å². The first kappa shape index (κ1) is 15.0. The predicted octanol–water partition coefficient (Wildman–Crippen LogP) is 2.31. The maximum Gasteiger partial charge on any atom is 0.0658 e. The van der Waals surface area contributed by atoms with E-state index in [1.165, 1.54) is 16.8 Å². The van der Waals surface area contributed by atoms with Gasteiger partial charge in [-0.15, -0.1) is 0 Å². The van der Waals surface area contributed by atoms with Gasteiger partial charge < -0.3 is 15.3 Å². The number of aliphatic hydroxyl groups excluding tert-OH is 1. The van der Waals surface area contributed by atoms with Crippen molar-refractivity contribution < 1.29 is 5.11 Å². The minimum Gasteiger partial charge on any atom is -0.394 e. The van der Waals surface area contributed by atoms with Crippen LogP contribution in [0.5, 0.6) is 0 Å². The SMILES string of the molecule is CCNCc1cc(C)ccc1N(C)C(C)(C)CO. The minimum absolute atomic E-state index is 0.137. The average Bonchev–Trinajstić information content (AvgIpc) is 2.35. The van der Waals surface area contributed by atoms with Crippen molar-refractivity contribution >= 4 is 5.69 Å². The van der Waals surface area contributed by atoms with E-state index in [9.17, 15) is 5.11 Å². The molecule has 0 heterocycles. The Balaban J connectivity index is 3.06. The van der Waals surface area contributed by atoms with Gasteiger partial charge in [-0.05, 0) is 38.9 Å². The van der Waals surface area contributed by atoms with Crippen molar-refractivity contribution in [2.45, 2.75) is 39.8 Å². The molecule has 1 aromatic rings. The lowest BCUT2D eigenvalue weighted by molar-refractivity contribution is 0.216. The largest absolute Gasteiger partial charge is 0.394 e. The molecule has 0 aromatic heterocycles. The molecule has 18 heavy (non-hydrogen) atoms. The van der Waals surface area contributed by atoms with Crippen molar-refractivity contribution in [1.82, 2.24) is 5.32 Å². The molecule has 2 N–H and O–H groups in total. The smallest absolute Gasteiger partial charge is 0.0658 e. The third kappa shape index (κ3) is 3.47. The van der Waals surface area contributed by atoms with Crippen LogP contribution in [0.15, 0.2) is 18.2 Å². The zero-order chi connectivity index (χ0) is 13.8. The summed E-state index contributed by atoms with van der Waals surface area (Å²) in [6, 6.07) is 6.47. The van der Waals surface area contributed by atoms with Crippen molar-refractivity contribution in [1.29, 1.82) is 0 Å². The molecule has 3 heteroatoms. The van der Waals surface area contributed by atoms with Gasteiger partial charge in [0.05, 0.1) is 12.1 Å². The van der Waals surface area contributed by atoms with E-state index in [4.69, 9.17) is 0 Å². The van der Waals surface area contributed by atoms with Crippen LogP contribution in [0.3, 0.4) is 0 Å². The molecule has 1 rings (SSSR count). The Labute approximate surface area is 111 Å². The standard InChI is InChI=1S/C15H26N2O/c1-6-16-10-13-9-12(2)7-8-14(13)17(5)15(3,4)11-18/h7-9,16,18H,6,10-11H2,1-5H3. The maximum atomic E-state index is 9.49. The Morgan fingerprint density at radius 3 is 2.56 bits per heavy atom. The summed E-state index contributed by atoms with van der Waals surface area (Å²) in [5, 5.41) is 12.9. The number of hydrogen-bond acceptors (Lipinski definition) is 3. The highest BCUT2D eigenvalue weighted by Crippen LogP contribution is 2.26. The molecule has 1 aromatic carbocycles. The molecule has 0 aliphatic carbocycles. The molecular weight excluding hydrogens is 224 g/mol. The molecule has 0 bridgehead atoms. The molecule has 0 saturated heterocycles. The van der Waals surface area contributed by atoms with Gasteiger partial charge >= 0.3 is 0 Å². The summed E-state index contributed by atoms with van der Waals surface area (Å²) in [6.07, 6.45) is 0.